The average molecular weight is 544 g/mol. The number of nitrogens with zero attached hydrogens (tertiary/aromatic N) is 3. The number of hydrogen-bond acceptors (Lipinski definition) is 7. The minimum Gasteiger partial charge on any atom is -0.332 e. The molecule has 35 heavy (non-hydrogen) atoms. The van der Waals surface area contributed by atoms with Crippen molar-refractivity contribution in [3.63, 3.8) is 0 Å². The molecule has 1 aromatic rings. The summed E-state index contributed by atoms with van der Waals surface area (Å²) in [6, 6.07) is 1.89. The third-order valence-electron chi connectivity index (χ3n) is 6.42. The molecular weight excluding hydrogens is 514 g/mol. The van der Waals surface area contributed by atoms with Gasteiger partial charge in [-0.1, -0.05) is 11.6 Å². The van der Waals surface area contributed by atoms with Crippen molar-refractivity contribution in [3.05, 3.63) is 26.8 Å². The summed E-state index contributed by atoms with van der Waals surface area (Å²) in [5, 5.41) is 2.90. The summed E-state index contributed by atoms with van der Waals surface area (Å²) in [7, 11) is -3.87. The number of carbonyl (C=O) groups is 3. The Kier molecular flexibility index (Phi) is 8.48. The number of halogens is 1. The number of hydrogen-bond donors (Lipinski definition) is 2. The number of sulfonamides is 1. The molecule has 3 aliphatic heterocycles. The molecule has 3 fully saturated rings. The topological polar surface area (TPSA) is 119 Å². The van der Waals surface area contributed by atoms with Crippen LogP contribution in [0, 0.1) is 0 Å². The van der Waals surface area contributed by atoms with Gasteiger partial charge in [0.1, 0.15) is 12.1 Å². The number of thiophene rings is 1. The van der Waals surface area contributed by atoms with Crippen LogP contribution in [0.5, 0.6) is 0 Å². The second-order valence-electron chi connectivity index (χ2n) is 8.98. The van der Waals surface area contributed by atoms with Crippen molar-refractivity contribution in [1.29, 1.82) is 0 Å². The molecule has 4 rings (SSSR count). The summed E-state index contributed by atoms with van der Waals surface area (Å²) in [6.07, 6.45) is 5.72. The summed E-state index contributed by atoms with van der Waals surface area (Å²) in [6.45, 7) is 2.27. The highest BCUT2D eigenvalue weighted by atomic mass is 35.5. The molecule has 3 amide bonds. The summed E-state index contributed by atoms with van der Waals surface area (Å²) in [5.41, 5.74) is 2.91. The zero-order valence-corrected chi connectivity index (χ0v) is 21.7. The predicted octanol–water partition coefficient (Wildman–Crippen LogP) is 1.40. The first-order valence-corrected chi connectivity index (χ1v) is 14.6. The fraction of sp³-hybridized carbons (Fsp3) is 0.591. The molecule has 0 bridgehead atoms. The lowest BCUT2D eigenvalue weighted by Crippen LogP contribution is -2.56. The first kappa shape index (κ1) is 26.1. The molecule has 0 saturated carbocycles. The number of likely N-dealkylation sites (tertiary alicyclic amines) is 2. The predicted molar refractivity (Wildman–Crippen MR) is 134 cm³/mol. The zero-order chi connectivity index (χ0) is 25.0. The standard InChI is InChI=1S/C22H30ClN5O5S2/c23-19-8-7-16(34-19)9-14-35(32,33)25-17-5-3-10-26(22(17)31)15-20(29)28-13-4-6-18(28)21(30)24-27-11-1-2-12-27/h7-9,14,17-18,25H,1-6,10-13,15H2,(H,24,30)/b14-9+/t17-,18-/m0/s1. The van der Waals surface area contributed by atoms with Gasteiger partial charge in [-0.3, -0.25) is 19.8 Å². The molecule has 4 heterocycles. The average Bonchev–Trinajstić information content (AvgIpc) is 3.57. The molecule has 13 heteroatoms. The van der Waals surface area contributed by atoms with Crippen molar-refractivity contribution in [3.8, 4) is 0 Å². The fourth-order valence-electron chi connectivity index (χ4n) is 4.67. The Morgan fingerprint density at radius 2 is 1.83 bits per heavy atom. The van der Waals surface area contributed by atoms with E-state index in [0.717, 1.165) is 37.8 Å². The number of nitrogens with one attached hydrogen (secondary N) is 2. The first-order chi connectivity index (χ1) is 16.7. The van der Waals surface area contributed by atoms with Gasteiger partial charge in [0.15, 0.2) is 0 Å². The van der Waals surface area contributed by atoms with E-state index >= 15 is 0 Å². The van der Waals surface area contributed by atoms with Gasteiger partial charge in [0, 0.05) is 36.5 Å². The molecule has 0 radical (unpaired) electrons. The van der Waals surface area contributed by atoms with Gasteiger partial charge in [-0.2, -0.15) is 4.72 Å². The van der Waals surface area contributed by atoms with E-state index in [1.54, 1.807) is 17.0 Å². The van der Waals surface area contributed by atoms with Crippen molar-refractivity contribution in [2.75, 3.05) is 32.7 Å². The number of carbonyl (C=O) groups excluding carboxylic acids is 3. The van der Waals surface area contributed by atoms with Crippen molar-refractivity contribution in [1.82, 2.24) is 25.0 Å². The second-order valence-corrected chi connectivity index (χ2v) is 12.3. The summed E-state index contributed by atoms with van der Waals surface area (Å²) >= 11 is 7.11. The Morgan fingerprint density at radius 1 is 1.09 bits per heavy atom. The number of rotatable bonds is 8. The van der Waals surface area contributed by atoms with Gasteiger partial charge in [0.2, 0.25) is 21.8 Å². The van der Waals surface area contributed by atoms with Gasteiger partial charge >= 0.3 is 0 Å². The Labute approximate surface area is 214 Å². The number of amides is 3. The van der Waals surface area contributed by atoms with E-state index in [-0.39, 0.29) is 18.4 Å². The molecule has 2 atom stereocenters. The van der Waals surface area contributed by atoms with Crippen molar-refractivity contribution < 1.29 is 22.8 Å². The summed E-state index contributed by atoms with van der Waals surface area (Å²) < 4.78 is 28.0. The van der Waals surface area contributed by atoms with Gasteiger partial charge < -0.3 is 9.80 Å². The van der Waals surface area contributed by atoms with Gasteiger partial charge in [-0.25, -0.2) is 13.4 Å². The van der Waals surface area contributed by atoms with Crippen LogP contribution in [-0.2, 0) is 24.4 Å². The van der Waals surface area contributed by atoms with Crippen LogP contribution in [0.2, 0.25) is 4.34 Å². The highest BCUT2D eigenvalue weighted by Gasteiger charge is 2.38. The minimum atomic E-state index is -3.87. The Bertz CT molecular complexity index is 1090. The van der Waals surface area contributed by atoms with Crippen molar-refractivity contribution in [2.24, 2.45) is 0 Å². The smallest absolute Gasteiger partial charge is 0.257 e. The molecule has 0 spiro atoms. The van der Waals surface area contributed by atoms with E-state index in [1.807, 2.05) is 5.01 Å². The third-order valence-corrected chi connectivity index (χ3v) is 8.72. The lowest BCUT2D eigenvalue weighted by atomic mass is 10.1. The maximum Gasteiger partial charge on any atom is 0.257 e. The van der Waals surface area contributed by atoms with E-state index in [1.165, 1.54) is 22.3 Å². The Hall–Kier alpha value is -1.99. The lowest BCUT2D eigenvalue weighted by molar-refractivity contribution is -0.146. The van der Waals surface area contributed by atoms with E-state index in [2.05, 4.69) is 10.1 Å². The van der Waals surface area contributed by atoms with Gasteiger partial charge in [-0.05, 0) is 56.7 Å². The van der Waals surface area contributed by atoms with Gasteiger partial charge in [-0.15, -0.1) is 11.3 Å². The largest absolute Gasteiger partial charge is 0.332 e. The second kappa shape index (κ2) is 11.4. The molecule has 10 nitrogen and oxygen atoms in total. The monoisotopic (exact) mass is 543 g/mol. The molecular formula is C22H30ClN5O5S2. The molecule has 3 saturated heterocycles. The van der Waals surface area contributed by atoms with Gasteiger partial charge in [0.25, 0.3) is 5.91 Å². The van der Waals surface area contributed by atoms with E-state index < -0.39 is 28.0 Å². The highest BCUT2D eigenvalue weighted by Crippen LogP contribution is 2.23. The Morgan fingerprint density at radius 3 is 2.54 bits per heavy atom. The van der Waals surface area contributed by atoms with Crippen LogP contribution >= 0.6 is 22.9 Å². The molecule has 192 valence electrons. The van der Waals surface area contributed by atoms with Crippen LogP contribution in [-0.4, -0.2) is 85.8 Å². The summed E-state index contributed by atoms with van der Waals surface area (Å²) in [5.74, 6) is -0.916. The molecule has 2 N–H and O–H groups in total. The molecule has 0 aliphatic carbocycles. The van der Waals surface area contributed by atoms with E-state index in [9.17, 15) is 22.8 Å². The SMILES string of the molecule is O=C(NN1CCCC1)[C@@H]1CCCN1C(=O)CN1CCC[C@H](NS(=O)(=O)/C=C/c2ccc(Cl)s2)C1=O. The van der Waals surface area contributed by atoms with E-state index in [0.29, 0.717) is 41.6 Å². The lowest BCUT2D eigenvalue weighted by Gasteiger charge is -2.34. The molecule has 1 aromatic heterocycles. The Balaban J connectivity index is 1.33. The van der Waals surface area contributed by atoms with Crippen LogP contribution in [0.4, 0.5) is 0 Å². The maximum atomic E-state index is 13.0. The number of hydrazine groups is 1. The van der Waals surface area contributed by atoms with Crippen LogP contribution < -0.4 is 10.1 Å². The normalized spacial score (nSPS) is 24.0. The number of piperidine rings is 1. The third kappa shape index (κ3) is 6.82. The first-order valence-electron chi connectivity index (χ1n) is 11.8. The summed E-state index contributed by atoms with van der Waals surface area (Å²) in [4.78, 5) is 42.4. The van der Waals surface area contributed by atoms with E-state index in [4.69, 9.17) is 11.6 Å². The quantitative estimate of drug-likeness (QED) is 0.511. The highest BCUT2D eigenvalue weighted by molar-refractivity contribution is 7.92. The van der Waals surface area contributed by atoms with Crippen LogP contribution in [0.3, 0.4) is 0 Å². The molecule has 3 aliphatic rings. The zero-order valence-electron chi connectivity index (χ0n) is 19.3. The van der Waals surface area contributed by atoms with Crippen LogP contribution in [0.15, 0.2) is 17.5 Å². The van der Waals surface area contributed by atoms with Crippen molar-refractivity contribution in [2.45, 2.75) is 50.6 Å². The van der Waals surface area contributed by atoms with Crippen LogP contribution in [0.1, 0.15) is 43.4 Å². The minimum absolute atomic E-state index is 0.173. The molecule has 0 unspecified atom stereocenters. The van der Waals surface area contributed by atoms with Crippen molar-refractivity contribution >= 4 is 56.8 Å². The maximum absolute atomic E-state index is 13.0. The molecule has 0 aromatic carbocycles. The fourth-order valence-corrected chi connectivity index (χ4v) is 6.74. The van der Waals surface area contributed by atoms with Gasteiger partial charge in [0.05, 0.1) is 10.9 Å². The van der Waals surface area contributed by atoms with Crippen LogP contribution in [0.25, 0.3) is 6.08 Å².